The highest BCUT2D eigenvalue weighted by atomic mass is 16.2. The molecule has 110 valence electrons. The van der Waals surface area contributed by atoms with E-state index in [4.69, 9.17) is 0 Å². The first kappa shape index (κ1) is 12.7. The normalized spacial score (nSPS) is 29.9. The molecule has 0 radical (unpaired) electrons. The third-order valence-corrected chi connectivity index (χ3v) is 5.66. The molecule has 4 nitrogen and oxygen atoms in total. The van der Waals surface area contributed by atoms with Gasteiger partial charge in [-0.3, -0.25) is 9.59 Å². The van der Waals surface area contributed by atoms with Crippen LogP contribution in [0.5, 0.6) is 0 Å². The van der Waals surface area contributed by atoms with Crippen LogP contribution in [-0.4, -0.2) is 34.8 Å². The zero-order valence-electron chi connectivity index (χ0n) is 12.1. The van der Waals surface area contributed by atoms with Crippen molar-refractivity contribution in [3.8, 4) is 0 Å². The first-order valence-electron chi connectivity index (χ1n) is 8.32. The highest BCUT2D eigenvalue weighted by Gasteiger charge is 2.52. The van der Waals surface area contributed by atoms with Crippen LogP contribution in [0.2, 0.25) is 0 Å². The third kappa shape index (κ3) is 2.04. The van der Waals surface area contributed by atoms with Crippen LogP contribution in [0.25, 0.3) is 0 Å². The summed E-state index contributed by atoms with van der Waals surface area (Å²) in [6.07, 6.45) is 9.42. The lowest BCUT2D eigenvalue weighted by Gasteiger charge is -2.37. The minimum Gasteiger partial charge on any atom is -0.342 e. The van der Waals surface area contributed by atoms with Gasteiger partial charge in [-0.15, -0.1) is 0 Å². The summed E-state index contributed by atoms with van der Waals surface area (Å²) in [6.45, 7) is 0.643. The molecule has 1 N–H and O–H groups in total. The summed E-state index contributed by atoms with van der Waals surface area (Å²) in [4.78, 5) is 27.3. The van der Waals surface area contributed by atoms with E-state index in [0.717, 1.165) is 37.5 Å². The molecule has 4 aliphatic rings. The molecule has 0 atom stereocenters. The first-order valence-corrected chi connectivity index (χ1v) is 8.32. The maximum Gasteiger partial charge on any atom is 0.248 e. The summed E-state index contributed by atoms with van der Waals surface area (Å²) in [7, 11) is 0. The van der Waals surface area contributed by atoms with Gasteiger partial charge in [-0.25, -0.2) is 0 Å². The van der Waals surface area contributed by atoms with Crippen molar-refractivity contribution in [3.63, 3.8) is 0 Å². The fraction of sp³-hybridized carbons (Fsp3) is 0.875. The zero-order chi connectivity index (χ0) is 13.7. The SMILES string of the molecule is O=C1CCN(C(C2CC2)C2CC2)C(=O)C2(CCCC2)N1. The van der Waals surface area contributed by atoms with Gasteiger partial charge in [0.1, 0.15) is 5.54 Å². The molecular formula is C16H24N2O2. The number of rotatable bonds is 3. The van der Waals surface area contributed by atoms with Crippen LogP contribution in [0, 0.1) is 11.8 Å². The molecule has 1 aliphatic heterocycles. The van der Waals surface area contributed by atoms with E-state index in [1.165, 1.54) is 25.7 Å². The quantitative estimate of drug-likeness (QED) is 0.855. The van der Waals surface area contributed by atoms with Crippen molar-refractivity contribution >= 4 is 11.8 Å². The van der Waals surface area contributed by atoms with Gasteiger partial charge in [0.05, 0.1) is 0 Å². The standard InChI is InChI=1S/C16H24N2O2/c19-13-7-10-18(14(11-3-4-11)12-5-6-12)15(20)16(17-13)8-1-2-9-16/h11-12,14H,1-10H2,(H,17,19). The van der Waals surface area contributed by atoms with Gasteiger partial charge in [0.25, 0.3) is 0 Å². The average molecular weight is 276 g/mol. The Hall–Kier alpha value is -1.06. The Balaban J connectivity index is 1.63. The second-order valence-electron chi connectivity index (χ2n) is 7.25. The molecule has 20 heavy (non-hydrogen) atoms. The molecule has 2 amide bonds. The van der Waals surface area contributed by atoms with Gasteiger partial charge in [0, 0.05) is 19.0 Å². The lowest BCUT2D eigenvalue weighted by molar-refractivity contribution is -0.141. The van der Waals surface area contributed by atoms with Gasteiger partial charge in [-0.05, 0) is 50.4 Å². The lowest BCUT2D eigenvalue weighted by Crippen LogP contribution is -2.58. The van der Waals surface area contributed by atoms with Crippen LogP contribution >= 0.6 is 0 Å². The van der Waals surface area contributed by atoms with Crippen molar-refractivity contribution < 1.29 is 9.59 Å². The highest BCUT2D eigenvalue weighted by molar-refractivity contribution is 5.94. The third-order valence-electron chi connectivity index (χ3n) is 5.66. The minimum absolute atomic E-state index is 0.0769. The van der Waals surface area contributed by atoms with E-state index in [1.54, 1.807) is 0 Å². The second-order valence-corrected chi connectivity index (χ2v) is 7.25. The van der Waals surface area contributed by atoms with Crippen LogP contribution in [0.1, 0.15) is 57.8 Å². The Labute approximate surface area is 120 Å². The van der Waals surface area contributed by atoms with Crippen LogP contribution < -0.4 is 5.32 Å². The Kier molecular flexibility index (Phi) is 2.83. The van der Waals surface area contributed by atoms with Gasteiger partial charge in [0.15, 0.2) is 0 Å². The van der Waals surface area contributed by atoms with Crippen molar-refractivity contribution in [3.05, 3.63) is 0 Å². The summed E-state index contributed by atoms with van der Waals surface area (Å²) in [5, 5.41) is 3.08. The molecule has 4 fully saturated rings. The van der Waals surface area contributed by atoms with Gasteiger partial charge in [0.2, 0.25) is 11.8 Å². The molecule has 1 spiro atoms. The number of amides is 2. The summed E-state index contributed by atoms with van der Waals surface area (Å²) < 4.78 is 0. The maximum absolute atomic E-state index is 13.1. The van der Waals surface area contributed by atoms with E-state index in [1.807, 2.05) is 0 Å². The van der Waals surface area contributed by atoms with Crippen LogP contribution in [0.3, 0.4) is 0 Å². The van der Waals surface area contributed by atoms with Gasteiger partial charge in [-0.2, -0.15) is 0 Å². The molecule has 0 unspecified atom stereocenters. The first-order chi connectivity index (χ1) is 9.70. The fourth-order valence-corrected chi connectivity index (χ4v) is 4.35. The number of nitrogens with one attached hydrogen (secondary N) is 1. The average Bonchev–Trinajstić information content (AvgIpc) is 3.34. The van der Waals surface area contributed by atoms with Gasteiger partial charge < -0.3 is 10.2 Å². The van der Waals surface area contributed by atoms with Crippen LogP contribution in [0.4, 0.5) is 0 Å². The molecule has 1 heterocycles. The second kappa shape index (κ2) is 4.47. The van der Waals surface area contributed by atoms with Crippen molar-refractivity contribution in [2.24, 2.45) is 11.8 Å². The molecule has 0 aromatic rings. The molecule has 3 aliphatic carbocycles. The zero-order valence-corrected chi connectivity index (χ0v) is 12.1. The summed E-state index contributed by atoms with van der Waals surface area (Å²) in [6, 6.07) is 0.438. The number of carbonyl (C=O) groups is 2. The largest absolute Gasteiger partial charge is 0.342 e. The lowest BCUT2D eigenvalue weighted by atomic mass is 9.93. The van der Waals surface area contributed by atoms with Crippen molar-refractivity contribution in [2.45, 2.75) is 69.4 Å². The predicted octanol–water partition coefficient (Wildman–Crippen LogP) is 1.84. The predicted molar refractivity (Wildman–Crippen MR) is 74.9 cm³/mol. The van der Waals surface area contributed by atoms with Gasteiger partial charge in [-0.1, -0.05) is 12.8 Å². The summed E-state index contributed by atoms with van der Waals surface area (Å²) in [5.41, 5.74) is -0.546. The maximum atomic E-state index is 13.1. The van der Waals surface area contributed by atoms with Gasteiger partial charge >= 0.3 is 0 Å². The van der Waals surface area contributed by atoms with E-state index in [2.05, 4.69) is 10.2 Å². The fourth-order valence-electron chi connectivity index (χ4n) is 4.35. The van der Waals surface area contributed by atoms with Crippen LogP contribution in [-0.2, 0) is 9.59 Å². The Bertz CT molecular complexity index is 422. The smallest absolute Gasteiger partial charge is 0.248 e. The molecule has 4 rings (SSSR count). The number of hydrogen-bond acceptors (Lipinski definition) is 2. The van der Waals surface area contributed by atoms with Crippen molar-refractivity contribution in [2.75, 3.05) is 6.54 Å². The summed E-state index contributed by atoms with van der Waals surface area (Å²) in [5.74, 6) is 1.76. The summed E-state index contributed by atoms with van der Waals surface area (Å²) >= 11 is 0. The molecule has 0 bridgehead atoms. The highest BCUT2D eigenvalue weighted by Crippen LogP contribution is 2.48. The van der Waals surface area contributed by atoms with E-state index in [0.29, 0.717) is 19.0 Å². The van der Waals surface area contributed by atoms with E-state index in [-0.39, 0.29) is 11.8 Å². The number of hydrogen-bond donors (Lipinski definition) is 1. The molecular weight excluding hydrogens is 252 g/mol. The molecule has 1 saturated heterocycles. The molecule has 4 heteroatoms. The molecule has 0 aromatic heterocycles. The van der Waals surface area contributed by atoms with E-state index < -0.39 is 5.54 Å². The topological polar surface area (TPSA) is 49.4 Å². The monoisotopic (exact) mass is 276 g/mol. The molecule has 3 saturated carbocycles. The van der Waals surface area contributed by atoms with E-state index >= 15 is 0 Å². The Morgan fingerprint density at radius 1 is 1.05 bits per heavy atom. The Morgan fingerprint density at radius 3 is 2.20 bits per heavy atom. The van der Waals surface area contributed by atoms with Crippen LogP contribution in [0.15, 0.2) is 0 Å². The number of nitrogens with zero attached hydrogens (tertiary/aromatic N) is 1. The number of carbonyl (C=O) groups excluding carboxylic acids is 2. The Morgan fingerprint density at radius 2 is 1.65 bits per heavy atom. The van der Waals surface area contributed by atoms with Crippen molar-refractivity contribution in [1.82, 2.24) is 10.2 Å². The minimum atomic E-state index is -0.546. The van der Waals surface area contributed by atoms with Crippen molar-refractivity contribution in [1.29, 1.82) is 0 Å². The molecule has 0 aromatic carbocycles. The van der Waals surface area contributed by atoms with E-state index in [9.17, 15) is 9.59 Å².